The fourth-order valence-corrected chi connectivity index (χ4v) is 5.17. The van der Waals surface area contributed by atoms with Gasteiger partial charge >= 0.3 is 0 Å². The molecule has 2 aliphatic carbocycles. The lowest BCUT2D eigenvalue weighted by atomic mass is 9.63. The van der Waals surface area contributed by atoms with Crippen LogP contribution in [-0.2, 0) is 4.79 Å². The van der Waals surface area contributed by atoms with Crippen LogP contribution in [0.3, 0.4) is 0 Å². The summed E-state index contributed by atoms with van der Waals surface area (Å²) in [5, 5.41) is 9.84. The molecule has 2 saturated carbocycles. The summed E-state index contributed by atoms with van der Waals surface area (Å²) in [6.45, 7) is 3.50. The molecule has 4 nitrogen and oxygen atoms in total. The van der Waals surface area contributed by atoms with Crippen LogP contribution < -0.4 is 4.74 Å². The molecule has 3 aliphatic rings. The Morgan fingerprint density at radius 2 is 1.88 bits per heavy atom. The van der Waals surface area contributed by atoms with Gasteiger partial charge in [0, 0.05) is 30.5 Å². The number of carbonyl (C=O) groups is 1. The number of aliphatic hydroxyl groups is 1. The zero-order valence-corrected chi connectivity index (χ0v) is 15.6. The number of rotatable bonds is 3. The van der Waals surface area contributed by atoms with Crippen LogP contribution in [-0.4, -0.2) is 41.7 Å². The molecular formula is C21H28FNO3. The number of halogens is 1. The maximum absolute atomic E-state index is 13.8. The largest absolute Gasteiger partial charge is 0.497 e. The van der Waals surface area contributed by atoms with Crippen LogP contribution in [0.2, 0.25) is 0 Å². The summed E-state index contributed by atoms with van der Waals surface area (Å²) in [5.41, 5.74) is 0.642. The molecule has 0 bridgehead atoms. The highest BCUT2D eigenvalue weighted by Crippen LogP contribution is 2.50. The summed E-state index contributed by atoms with van der Waals surface area (Å²) >= 11 is 0. The zero-order chi connectivity index (χ0) is 18.5. The van der Waals surface area contributed by atoms with Gasteiger partial charge in [-0.3, -0.25) is 4.79 Å². The fourth-order valence-electron chi connectivity index (χ4n) is 5.17. The number of ether oxygens (including phenoxy) is 1. The number of methoxy groups -OCH3 is 1. The summed E-state index contributed by atoms with van der Waals surface area (Å²) in [4.78, 5) is 14.5. The molecule has 26 heavy (non-hydrogen) atoms. The number of nitrogens with zero attached hydrogens (tertiary/aromatic N) is 1. The van der Waals surface area contributed by atoms with Crippen molar-refractivity contribution in [1.82, 2.24) is 4.90 Å². The Labute approximate surface area is 154 Å². The molecule has 1 aromatic rings. The molecular weight excluding hydrogens is 333 g/mol. The van der Waals surface area contributed by atoms with Crippen molar-refractivity contribution in [2.24, 2.45) is 11.3 Å². The summed E-state index contributed by atoms with van der Waals surface area (Å²) in [6.07, 6.45) is 5.43. The number of carbonyl (C=O) groups excluding carboxylic acids is 1. The van der Waals surface area contributed by atoms with Crippen molar-refractivity contribution < 1.29 is 19.0 Å². The van der Waals surface area contributed by atoms with E-state index in [9.17, 15) is 14.3 Å². The first kappa shape index (κ1) is 17.8. The predicted molar refractivity (Wildman–Crippen MR) is 96.5 cm³/mol. The summed E-state index contributed by atoms with van der Waals surface area (Å²) in [6, 6.07) is 5.00. The molecule has 3 fully saturated rings. The average Bonchev–Trinajstić information content (AvgIpc) is 2.56. The van der Waals surface area contributed by atoms with Crippen molar-refractivity contribution >= 4 is 5.91 Å². The fraction of sp³-hybridized carbons (Fsp3) is 0.667. The van der Waals surface area contributed by atoms with Crippen LogP contribution >= 0.6 is 0 Å². The third-order valence-electron chi connectivity index (χ3n) is 6.73. The van der Waals surface area contributed by atoms with Crippen LogP contribution in [0.5, 0.6) is 5.75 Å². The Hall–Kier alpha value is -1.62. The smallest absolute Gasteiger partial charge is 0.225 e. The second-order valence-electron chi connectivity index (χ2n) is 9.00. The van der Waals surface area contributed by atoms with Gasteiger partial charge in [0.25, 0.3) is 0 Å². The number of amides is 1. The Bertz CT molecular complexity index is 693. The van der Waals surface area contributed by atoms with Crippen molar-refractivity contribution in [3.63, 3.8) is 0 Å². The van der Waals surface area contributed by atoms with Crippen LogP contribution in [0, 0.1) is 17.2 Å². The van der Waals surface area contributed by atoms with Crippen molar-refractivity contribution in [2.75, 3.05) is 20.2 Å². The van der Waals surface area contributed by atoms with Crippen LogP contribution in [0.4, 0.5) is 4.39 Å². The topological polar surface area (TPSA) is 49.8 Å². The summed E-state index contributed by atoms with van der Waals surface area (Å²) in [5.74, 6) is 0.947. The maximum atomic E-state index is 13.8. The maximum Gasteiger partial charge on any atom is 0.225 e. The number of benzene rings is 1. The molecule has 0 unspecified atom stereocenters. The van der Waals surface area contributed by atoms with E-state index in [0.717, 1.165) is 44.3 Å². The first-order valence-corrected chi connectivity index (χ1v) is 9.65. The molecule has 0 atom stereocenters. The lowest BCUT2D eigenvalue weighted by molar-refractivity contribution is -0.163. The molecule has 1 N–H and O–H groups in total. The van der Waals surface area contributed by atoms with Gasteiger partial charge in [-0.25, -0.2) is 4.39 Å². The Kier molecular flexibility index (Phi) is 4.25. The Morgan fingerprint density at radius 1 is 1.23 bits per heavy atom. The normalized spacial score (nSPS) is 30.6. The van der Waals surface area contributed by atoms with Crippen LogP contribution in [0.15, 0.2) is 18.2 Å². The minimum atomic E-state index is -0.646. The van der Waals surface area contributed by atoms with Gasteiger partial charge in [0.2, 0.25) is 5.91 Å². The van der Waals surface area contributed by atoms with Crippen molar-refractivity contribution in [1.29, 1.82) is 0 Å². The second-order valence-corrected chi connectivity index (χ2v) is 9.00. The van der Waals surface area contributed by atoms with Gasteiger partial charge < -0.3 is 14.7 Å². The van der Waals surface area contributed by atoms with Gasteiger partial charge in [0.1, 0.15) is 11.6 Å². The monoisotopic (exact) mass is 361 g/mol. The molecule has 1 aromatic carbocycles. The van der Waals surface area contributed by atoms with Crippen molar-refractivity contribution in [3.05, 3.63) is 29.6 Å². The molecule has 1 amide bonds. The quantitative estimate of drug-likeness (QED) is 0.897. The Morgan fingerprint density at radius 3 is 2.46 bits per heavy atom. The molecule has 0 aromatic heterocycles. The van der Waals surface area contributed by atoms with E-state index in [1.165, 1.54) is 6.07 Å². The molecule has 1 spiro atoms. The zero-order valence-electron chi connectivity index (χ0n) is 15.6. The lowest BCUT2D eigenvalue weighted by Crippen LogP contribution is -2.62. The van der Waals surface area contributed by atoms with E-state index in [1.54, 1.807) is 20.1 Å². The first-order chi connectivity index (χ1) is 12.3. The SMILES string of the molecule is COc1cc(F)cc(C2CCC3(CC2)CN(C(=O)[C@H]2C[C@@](C)(O)C2)C3)c1. The van der Waals surface area contributed by atoms with E-state index in [1.807, 2.05) is 11.0 Å². The molecule has 0 radical (unpaired) electrons. The van der Waals surface area contributed by atoms with Crippen molar-refractivity contribution in [3.8, 4) is 5.75 Å². The van der Waals surface area contributed by atoms with E-state index in [0.29, 0.717) is 24.5 Å². The van der Waals surface area contributed by atoms with Crippen LogP contribution in [0.1, 0.15) is 56.9 Å². The van der Waals surface area contributed by atoms with Gasteiger partial charge in [-0.2, -0.15) is 0 Å². The summed E-state index contributed by atoms with van der Waals surface area (Å²) in [7, 11) is 1.57. The van der Waals surface area contributed by atoms with E-state index >= 15 is 0 Å². The third-order valence-corrected chi connectivity index (χ3v) is 6.73. The third kappa shape index (κ3) is 3.22. The number of hydrogen-bond acceptors (Lipinski definition) is 3. The molecule has 1 heterocycles. The van der Waals surface area contributed by atoms with Gasteiger partial charge in [-0.05, 0) is 69.1 Å². The Balaban J connectivity index is 1.31. The van der Waals surface area contributed by atoms with E-state index in [-0.39, 0.29) is 23.1 Å². The number of likely N-dealkylation sites (tertiary alicyclic amines) is 1. The second kappa shape index (κ2) is 6.22. The lowest BCUT2D eigenvalue weighted by Gasteiger charge is -2.55. The first-order valence-electron chi connectivity index (χ1n) is 9.65. The standard InChI is InChI=1S/C21H28FNO3/c1-20(25)10-16(11-20)19(24)23-12-21(13-23)5-3-14(4-6-21)15-7-17(22)9-18(8-15)26-2/h7-9,14,16,25H,3-6,10-13H2,1-2H3/t16-,20+. The minimum absolute atomic E-state index is 0.0125. The van der Waals surface area contributed by atoms with Crippen molar-refractivity contribution in [2.45, 2.75) is 57.0 Å². The number of hydrogen-bond donors (Lipinski definition) is 1. The molecule has 1 aliphatic heterocycles. The molecule has 5 heteroatoms. The van der Waals surface area contributed by atoms with E-state index < -0.39 is 5.60 Å². The highest BCUT2D eigenvalue weighted by atomic mass is 19.1. The average molecular weight is 361 g/mol. The molecule has 4 rings (SSSR count). The highest BCUT2D eigenvalue weighted by molar-refractivity contribution is 5.81. The van der Waals surface area contributed by atoms with E-state index in [4.69, 9.17) is 4.74 Å². The van der Waals surface area contributed by atoms with Gasteiger partial charge in [0.05, 0.1) is 12.7 Å². The van der Waals surface area contributed by atoms with Gasteiger partial charge in [-0.1, -0.05) is 0 Å². The summed E-state index contributed by atoms with van der Waals surface area (Å²) < 4.78 is 19.0. The molecule has 1 saturated heterocycles. The molecule has 142 valence electrons. The van der Waals surface area contributed by atoms with Gasteiger partial charge in [0.15, 0.2) is 0 Å². The predicted octanol–water partition coefficient (Wildman–Crippen LogP) is 3.48. The highest BCUT2D eigenvalue weighted by Gasteiger charge is 2.51. The van der Waals surface area contributed by atoms with Gasteiger partial charge in [-0.15, -0.1) is 0 Å². The van der Waals surface area contributed by atoms with Crippen LogP contribution in [0.25, 0.3) is 0 Å². The van der Waals surface area contributed by atoms with E-state index in [2.05, 4.69) is 0 Å². The minimum Gasteiger partial charge on any atom is -0.497 e.